The molecule has 0 saturated carbocycles. The maximum Gasteiger partial charge on any atom is 0.160 e. The van der Waals surface area contributed by atoms with Gasteiger partial charge in [-0.1, -0.05) is 158 Å². The molecule has 0 N–H and O–H groups in total. The minimum Gasteiger partial charge on any atom is -0.455 e. The fraction of sp³-hybridized carbons (Fsp3) is 0. The van der Waals surface area contributed by atoms with Gasteiger partial charge in [-0.2, -0.15) is 5.26 Å². The fourth-order valence-electron chi connectivity index (χ4n) is 8.49. The lowest BCUT2D eigenvalue weighted by Crippen LogP contribution is -2.04. The molecule has 0 amide bonds. The highest BCUT2D eigenvalue weighted by atomic mass is 16.3. The van der Waals surface area contributed by atoms with E-state index < -0.39 is 0 Å². The van der Waals surface area contributed by atoms with Crippen LogP contribution in [0.4, 0.5) is 0 Å². The van der Waals surface area contributed by atoms with Crippen LogP contribution < -0.4 is 0 Å². The highest BCUT2D eigenvalue weighted by molar-refractivity contribution is 6.24. The summed E-state index contributed by atoms with van der Waals surface area (Å²) in [5.41, 5.74) is 13.1. The monoisotopic (exact) mass is 740 g/mol. The highest BCUT2D eigenvalue weighted by Gasteiger charge is 2.25. The standard InChI is InChI=1S/C53H32N4O/c54-33-43-50(36-21-9-3-10-22-36)55-53(56-51(43)37-23-11-4-12-24-37)38-31-42(34-17-5-1-6-18-34)48(35-19-7-2-8-20-35)46(32-38)57-44-27-15-13-26-41(44)49-45(57)30-29-40-39-25-14-16-28-47(39)58-52(40)49/h1-32H. The van der Waals surface area contributed by atoms with Crippen LogP contribution in [0.3, 0.4) is 0 Å². The van der Waals surface area contributed by atoms with Crippen LogP contribution in [-0.2, 0) is 0 Å². The van der Waals surface area contributed by atoms with E-state index in [1.165, 1.54) is 0 Å². The smallest absolute Gasteiger partial charge is 0.160 e. The maximum atomic E-state index is 10.7. The molecule has 0 fully saturated rings. The molecule has 0 aliphatic rings. The van der Waals surface area contributed by atoms with Gasteiger partial charge in [-0.05, 0) is 53.1 Å². The van der Waals surface area contributed by atoms with E-state index in [1.807, 2.05) is 78.9 Å². The van der Waals surface area contributed by atoms with Gasteiger partial charge in [-0.15, -0.1) is 0 Å². The third kappa shape index (κ3) is 5.31. The fourth-order valence-corrected chi connectivity index (χ4v) is 8.49. The highest BCUT2D eigenvalue weighted by Crippen LogP contribution is 2.46. The Hall–Kier alpha value is -8.07. The Balaban J connectivity index is 1.30. The quantitative estimate of drug-likeness (QED) is 0.170. The topological polar surface area (TPSA) is 67.6 Å². The van der Waals surface area contributed by atoms with Crippen LogP contribution >= 0.6 is 0 Å². The molecule has 5 heteroatoms. The van der Waals surface area contributed by atoms with E-state index in [0.717, 1.165) is 88.4 Å². The van der Waals surface area contributed by atoms with Gasteiger partial charge in [0.15, 0.2) is 5.82 Å². The van der Waals surface area contributed by atoms with Crippen LogP contribution in [0.15, 0.2) is 199 Å². The average Bonchev–Trinajstić information content (AvgIpc) is 3.85. The number of hydrogen-bond donors (Lipinski definition) is 0. The Bertz CT molecular complexity index is 3320. The molecule has 0 saturated heterocycles. The molecule has 0 aliphatic heterocycles. The summed E-state index contributed by atoms with van der Waals surface area (Å²) < 4.78 is 9.07. The molecule has 3 aromatic heterocycles. The number of para-hydroxylation sites is 2. The van der Waals surface area contributed by atoms with E-state index in [0.29, 0.717) is 22.8 Å². The maximum absolute atomic E-state index is 10.7. The molecule has 0 spiro atoms. The largest absolute Gasteiger partial charge is 0.455 e. The van der Waals surface area contributed by atoms with Crippen LogP contribution in [0.5, 0.6) is 0 Å². The van der Waals surface area contributed by atoms with Crippen molar-refractivity contribution in [2.24, 2.45) is 0 Å². The number of aromatic nitrogens is 3. The Labute approximate surface area is 334 Å². The predicted molar refractivity (Wildman–Crippen MR) is 236 cm³/mol. The number of benzene rings is 8. The molecular weight excluding hydrogens is 709 g/mol. The first-order valence-corrected chi connectivity index (χ1v) is 19.3. The van der Waals surface area contributed by atoms with Gasteiger partial charge in [-0.25, -0.2) is 9.97 Å². The summed E-state index contributed by atoms with van der Waals surface area (Å²) in [5, 5.41) is 15.0. The number of fused-ring (bicyclic) bond motifs is 7. The van der Waals surface area contributed by atoms with Crippen molar-refractivity contribution in [3.05, 3.63) is 200 Å². The number of nitriles is 1. The summed E-state index contributed by atoms with van der Waals surface area (Å²) in [6.07, 6.45) is 0. The molecule has 8 aromatic carbocycles. The zero-order chi connectivity index (χ0) is 38.6. The molecule has 0 aliphatic carbocycles. The molecule has 0 unspecified atom stereocenters. The first kappa shape index (κ1) is 33.3. The van der Waals surface area contributed by atoms with Crippen molar-refractivity contribution in [1.29, 1.82) is 5.26 Å². The van der Waals surface area contributed by atoms with Crippen LogP contribution in [-0.4, -0.2) is 14.5 Å². The first-order chi connectivity index (χ1) is 28.7. The van der Waals surface area contributed by atoms with Crippen molar-refractivity contribution in [2.45, 2.75) is 0 Å². The van der Waals surface area contributed by atoms with Gasteiger partial charge >= 0.3 is 0 Å². The average molecular weight is 741 g/mol. The molecule has 11 rings (SSSR count). The Morgan fingerprint density at radius 2 is 1.02 bits per heavy atom. The zero-order valence-corrected chi connectivity index (χ0v) is 31.2. The van der Waals surface area contributed by atoms with Gasteiger partial charge in [0.2, 0.25) is 0 Å². The second-order valence-corrected chi connectivity index (χ2v) is 14.4. The number of nitrogens with zero attached hydrogens (tertiary/aromatic N) is 4. The molecule has 270 valence electrons. The third-order valence-corrected chi connectivity index (χ3v) is 11.1. The van der Waals surface area contributed by atoms with E-state index in [9.17, 15) is 5.26 Å². The summed E-state index contributed by atoms with van der Waals surface area (Å²) in [4.78, 5) is 10.5. The van der Waals surface area contributed by atoms with Gasteiger partial charge in [0.25, 0.3) is 0 Å². The van der Waals surface area contributed by atoms with Crippen molar-refractivity contribution in [3.63, 3.8) is 0 Å². The molecule has 0 bridgehead atoms. The Morgan fingerprint density at radius 1 is 0.466 bits per heavy atom. The van der Waals surface area contributed by atoms with Crippen molar-refractivity contribution >= 4 is 43.7 Å². The van der Waals surface area contributed by atoms with E-state index in [4.69, 9.17) is 14.4 Å². The van der Waals surface area contributed by atoms with Crippen molar-refractivity contribution in [1.82, 2.24) is 14.5 Å². The van der Waals surface area contributed by atoms with Gasteiger partial charge in [0, 0.05) is 38.4 Å². The van der Waals surface area contributed by atoms with E-state index >= 15 is 0 Å². The SMILES string of the molecule is N#Cc1c(-c2ccccc2)nc(-c2cc(-c3ccccc3)c(-c3ccccc3)c(-n3c4ccccc4c4c5oc6ccccc6c5ccc43)c2)nc1-c1ccccc1. The summed E-state index contributed by atoms with van der Waals surface area (Å²) in [5.74, 6) is 0.523. The van der Waals surface area contributed by atoms with Crippen molar-refractivity contribution in [2.75, 3.05) is 0 Å². The van der Waals surface area contributed by atoms with Gasteiger partial charge < -0.3 is 8.98 Å². The summed E-state index contributed by atoms with van der Waals surface area (Å²) >= 11 is 0. The van der Waals surface area contributed by atoms with Crippen LogP contribution in [0.25, 0.3) is 106 Å². The van der Waals surface area contributed by atoms with Crippen molar-refractivity contribution in [3.8, 4) is 67.9 Å². The lowest BCUT2D eigenvalue weighted by Gasteiger charge is -2.21. The molecule has 3 heterocycles. The normalized spacial score (nSPS) is 11.4. The number of hydrogen-bond acceptors (Lipinski definition) is 4. The number of rotatable bonds is 6. The summed E-state index contributed by atoms with van der Waals surface area (Å²) in [6, 6.07) is 69.0. The van der Waals surface area contributed by atoms with E-state index in [2.05, 4.69) is 126 Å². The molecule has 0 radical (unpaired) electrons. The zero-order valence-electron chi connectivity index (χ0n) is 31.2. The lowest BCUT2D eigenvalue weighted by atomic mass is 9.90. The predicted octanol–water partition coefficient (Wildman–Crippen LogP) is 13.7. The van der Waals surface area contributed by atoms with E-state index in [-0.39, 0.29) is 0 Å². The third-order valence-electron chi connectivity index (χ3n) is 11.1. The molecule has 0 atom stereocenters. The molecule has 58 heavy (non-hydrogen) atoms. The van der Waals surface area contributed by atoms with Crippen LogP contribution in [0.1, 0.15) is 5.56 Å². The second kappa shape index (κ2) is 13.6. The van der Waals surface area contributed by atoms with Crippen molar-refractivity contribution < 1.29 is 4.42 Å². The Morgan fingerprint density at radius 3 is 1.66 bits per heavy atom. The minimum atomic E-state index is 0.433. The minimum absolute atomic E-state index is 0.433. The van der Waals surface area contributed by atoms with Gasteiger partial charge in [0.1, 0.15) is 22.8 Å². The van der Waals surface area contributed by atoms with Crippen LogP contribution in [0, 0.1) is 11.3 Å². The summed E-state index contributed by atoms with van der Waals surface area (Å²) in [7, 11) is 0. The van der Waals surface area contributed by atoms with Gasteiger partial charge in [0.05, 0.1) is 33.5 Å². The molecule has 11 aromatic rings. The first-order valence-electron chi connectivity index (χ1n) is 19.3. The molecular formula is C53H32N4O. The lowest BCUT2D eigenvalue weighted by molar-refractivity contribution is 0.673. The second-order valence-electron chi connectivity index (χ2n) is 14.4. The summed E-state index contributed by atoms with van der Waals surface area (Å²) in [6.45, 7) is 0. The van der Waals surface area contributed by atoms with E-state index in [1.54, 1.807) is 0 Å². The van der Waals surface area contributed by atoms with Crippen LogP contribution in [0.2, 0.25) is 0 Å². The molecule has 5 nitrogen and oxygen atoms in total. The number of furan rings is 1. The Kier molecular flexibility index (Phi) is 7.80. The van der Waals surface area contributed by atoms with Gasteiger partial charge in [-0.3, -0.25) is 0 Å².